The van der Waals surface area contributed by atoms with Crippen LogP contribution in [0.1, 0.15) is 6.42 Å². The summed E-state index contributed by atoms with van der Waals surface area (Å²) in [6.07, 6.45) is 0.246. The van der Waals surface area contributed by atoms with Crippen LogP contribution in [0.15, 0.2) is 48.5 Å². The van der Waals surface area contributed by atoms with E-state index in [0.29, 0.717) is 47.9 Å². The molecule has 2 N–H and O–H groups in total. The van der Waals surface area contributed by atoms with E-state index in [2.05, 4.69) is 0 Å². The fourth-order valence-corrected chi connectivity index (χ4v) is 3.58. The standard InChI is InChI=1S/C22H20ClFN2O3/c1-29-16-3-4-17(21(28)11-16)20-9-14(13-2-5-18(23)19(24)8-13)10-22(25-20)26-7-6-15(27)12-26/h2-5,8-11,15,27-28H,6-7,12H2,1H3. The highest BCUT2D eigenvalue weighted by Crippen LogP contribution is 2.36. The summed E-state index contributed by atoms with van der Waals surface area (Å²) in [6.45, 7) is 1.14. The number of aromatic hydroxyl groups is 1. The lowest BCUT2D eigenvalue weighted by atomic mass is 10.0. The van der Waals surface area contributed by atoms with Crippen LogP contribution in [0.5, 0.6) is 11.5 Å². The van der Waals surface area contributed by atoms with E-state index in [4.69, 9.17) is 21.3 Å². The SMILES string of the molecule is COc1ccc(-c2cc(-c3ccc(Cl)c(F)c3)cc(N3CCC(O)C3)n2)c(O)c1. The van der Waals surface area contributed by atoms with Gasteiger partial charge in [-0.15, -0.1) is 0 Å². The van der Waals surface area contributed by atoms with Gasteiger partial charge in [0.15, 0.2) is 0 Å². The Labute approximate surface area is 173 Å². The third-order valence-electron chi connectivity index (χ3n) is 5.03. The smallest absolute Gasteiger partial charge is 0.142 e. The van der Waals surface area contributed by atoms with Crippen molar-refractivity contribution >= 4 is 17.4 Å². The van der Waals surface area contributed by atoms with Gasteiger partial charge >= 0.3 is 0 Å². The third-order valence-corrected chi connectivity index (χ3v) is 5.34. The number of benzene rings is 2. The van der Waals surface area contributed by atoms with Crippen molar-refractivity contribution in [2.45, 2.75) is 12.5 Å². The summed E-state index contributed by atoms with van der Waals surface area (Å²) in [5, 5.41) is 20.4. The molecule has 1 fully saturated rings. The van der Waals surface area contributed by atoms with Gasteiger partial charge in [-0.05, 0) is 53.9 Å². The maximum atomic E-state index is 14.0. The van der Waals surface area contributed by atoms with Gasteiger partial charge in [0.2, 0.25) is 0 Å². The molecule has 0 amide bonds. The first kappa shape index (κ1) is 19.5. The summed E-state index contributed by atoms with van der Waals surface area (Å²) < 4.78 is 19.2. The average molecular weight is 415 g/mol. The Morgan fingerprint density at radius 2 is 1.97 bits per heavy atom. The van der Waals surface area contributed by atoms with E-state index in [0.717, 1.165) is 5.56 Å². The Morgan fingerprint density at radius 1 is 1.14 bits per heavy atom. The molecular formula is C22H20ClFN2O3. The minimum Gasteiger partial charge on any atom is -0.507 e. The van der Waals surface area contributed by atoms with Gasteiger partial charge in [-0.3, -0.25) is 0 Å². The van der Waals surface area contributed by atoms with E-state index in [1.807, 2.05) is 11.0 Å². The van der Waals surface area contributed by atoms with Crippen LogP contribution in [0.25, 0.3) is 22.4 Å². The van der Waals surface area contributed by atoms with Crippen LogP contribution in [0, 0.1) is 5.82 Å². The molecule has 2 aromatic carbocycles. The number of pyridine rings is 1. The van der Waals surface area contributed by atoms with Gasteiger partial charge in [0.1, 0.15) is 23.1 Å². The highest BCUT2D eigenvalue weighted by atomic mass is 35.5. The van der Waals surface area contributed by atoms with Crippen LogP contribution in [0.3, 0.4) is 0 Å². The fraction of sp³-hybridized carbons (Fsp3) is 0.227. The topological polar surface area (TPSA) is 65.8 Å². The normalized spacial score (nSPS) is 16.3. The lowest BCUT2D eigenvalue weighted by Crippen LogP contribution is -2.22. The van der Waals surface area contributed by atoms with E-state index in [1.54, 1.807) is 24.3 Å². The van der Waals surface area contributed by atoms with Crippen molar-refractivity contribution in [3.8, 4) is 33.9 Å². The lowest BCUT2D eigenvalue weighted by molar-refractivity contribution is 0.198. The van der Waals surface area contributed by atoms with E-state index >= 15 is 0 Å². The second kappa shape index (κ2) is 7.89. The highest BCUT2D eigenvalue weighted by Gasteiger charge is 2.23. The number of halogens is 2. The van der Waals surface area contributed by atoms with Crippen LogP contribution in [-0.2, 0) is 0 Å². The van der Waals surface area contributed by atoms with Crippen molar-refractivity contribution in [3.05, 3.63) is 59.4 Å². The first-order valence-electron chi connectivity index (χ1n) is 9.22. The zero-order valence-corrected chi connectivity index (χ0v) is 16.5. The Bertz CT molecular complexity index is 1060. The molecule has 2 heterocycles. The molecule has 1 unspecified atom stereocenters. The first-order chi connectivity index (χ1) is 13.9. The number of hydrogen-bond donors (Lipinski definition) is 2. The van der Waals surface area contributed by atoms with Gasteiger partial charge in [-0.1, -0.05) is 17.7 Å². The van der Waals surface area contributed by atoms with E-state index < -0.39 is 11.9 Å². The van der Waals surface area contributed by atoms with Gasteiger partial charge in [0.25, 0.3) is 0 Å². The van der Waals surface area contributed by atoms with Gasteiger partial charge in [0.05, 0.1) is 23.9 Å². The summed E-state index contributed by atoms with van der Waals surface area (Å²) in [7, 11) is 1.53. The number of methoxy groups -OCH3 is 1. The molecule has 1 aromatic heterocycles. The zero-order valence-electron chi connectivity index (χ0n) is 15.8. The largest absolute Gasteiger partial charge is 0.507 e. The third kappa shape index (κ3) is 3.99. The quantitative estimate of drug-likeness (QED) is 0.658. The van der Waals surface area contributed by atoms with Crippen LogP contribution < -0.4 is 9.64 Å². The molecule has 1 aliphatic rings. The number of rotatable bonds is 4. The van der Waals surface area contributed by atoms with Crippen LogP contribution in [-0.4, -0.2) is 41.5 Å². The molecule has 3 aromatic rings. The molecule has 0 radical (unpaired) electrons. The number of ether oxygens (including phenoxy) is 1. The number of nitrogens with zero attached hydrogens (tertiary/aromatic N) is 2. The molecule has 0 bridgehead atoms. The number of phenols is 1. The summed E-state index contributed by atoms with van der Waals surface area (Å²) in [5.74, 6) is 0.710. The van der Waals surface area contributed by atoms with Crippen molar-refractivity contribution < 1.29 is 19.3 Å². The molecule has 1 saturated heterocycles. The maximum Gasteiger partial charge on any atom is 0.142 e. The number of hydrogen-bond acceptors (Lipinski definition) is 5. The number of anilines is 1. The Kier molecular flexibility index (Phi) is 5.30. The summed E-state index contributed by atoms with van der Waals surface area (Å²) in [5.41, 5.74) is 2.44. The van der Waals surface area contributed by atoms with Crippen molar-refractivity contribution in [1.29, 1.82) is 0 Å². The van der Waals surface area contributed by atoms with Crippen molar-refractivity contribution in [2.75, 3.05) is 25.1 Å². The Balaban J connectivity index is 1.85. The second-order valence-corrected chi connectivity index (χ2v) is 7.41. The predicted octanol–water partition coefficient (Wildman–Crippen LogP) is 4.49. The summed E-state index contributed by atoms with van der Waals surface area (Å²) in [4.78, 5) is 6.67. The molecule has 0 aliphatic carbocycles. The number of aliphatic hydroxyl groups excluding tert-OH is 1. The molecule has 0 saturated carbocycles. The van der Waals surface area contributed by atoms with Crippen molar-refractivity contribution in [3.63, 3.8) is 0 Å². The summed E-state index contributed by atoms with van der Waals surface area (Å²) >= 11 is 5.83. The van der Waals surface area contributed by atoms with E-state index in [9.17, 15) is 14.6 Å². The highest BCUT2D eigenvalue weighted by molar-refractivity contribution is 6.30. The van der Waals surface area contributed by atoms with Gasteiger partial charge in [0, 0.05) is 24.7 Å². The molecule has 0 spiro atoms. The lowest BCUT2D eigenvalue weighted by Gasteiger charge is -2.19. The minimum absolute atomic E-state index is 0.0312. The van der Waals surface area contributed by atoms with Gasteiger partial charge < -0.3 is 19.8 Å². The van der Waals surface area contributed by atoms with E-state index in [1.165, 1.54) is 25.3 Å². The Morgan fingerprint density at radius 3 is 2.62 bits per heavy atom. The van der Waals surface area contributed by atoms with Crippen LogP contribution >= 0.6 is 11.6 Å². The molecule has 150 valence electrons. The molecular weight excluding hydrogens is 395 g/mol. The molecule has 5 nitrogen and oxygen atoms in total. The maximum absolute atomic E-state index is 14.0. The zero-order chi connectivity index (χ0) is 20.5. The number of phenolic OH excluding ortho intramolecular Hbond substituents is 1. The fourth-order valence-electron chi connectivity index (χ4n) is 3.46. The molecule has 1 aliphatic heterocycles. The number of aromatic nitrogens is 1. The van der Waals surface area contributed by atoms with Crippen LogP contribution in [0.4, 0.5) is 10.2 Å². The second-order valence-electron chi connectivity index (χ2n) is 7.00. The van der Waals surface area contributed by atoms with Crippen LogP contribution in [0.2, 0.25) is 5.02 Å². The molecule has 1 atom stereocenters. The monoisotopic (exact) mass is 414 g/mol. The number of aliphatic hydroxyl groups is 1. The molecule has 7 heteroatoms. The minimum atomic E-state index is -0.507. The summed E-state index contributed by atoms with van der Waals surface area (Å²) in [6, 6.07) is 13.3. The predicted molar refractivity (Wildman–Crippen MR) is 111 cm³/mol. The van der Waals surface area contributed by atoms with Gasteiger partial charge in [-0.25, -0.2) is 9.37 Å². The Hall–Kier alpha value is -2.83. The van der Waals surface area contributed by atoms with Crippen molar-refractivity contribution in [1.82, 2.24) is 4.98 Å². The van der Waals surface area contributed by atoms with Crippen molar-refractivity contribution in [2.24, 2.45) is 0 Å². The number of β-amino-alcohol motifs (C(OH)–C–C–N with tert-alkyl or cyclic N) is 1. The van der Waals surface area contributed by atoms with E-state index in [-0.39, 0.29) is 10.8 Å². The average Bonchev–Trinajstić information content (AvgIpc) is 3.16. The molecule has 29 heavy (non-hydrogen) atoms. The molecule has 4 rings (SSSR count). The first-order valence-corrected chi connectivity index (χ1v) is 9.60. The van der Waals surface area contributed by atoms with Gasteiger partial charge in [-0.2, -0.15) is 0 Å².